The molecule has 1 fully saturated rings. The summed E-state index contributed by atoms with van der Waals surface area (Å²) in [7, 11) is -3.48. The van der Waals surface area contributed by atoms with Gasteiger partial charge in [0, 0.05) is 0 Å². The van der Waals surface area contributed by atoms with Gasteiger partial charge in [-0.1, -0.05) is 0 Å². The summed E-state index contributed by atoms with van der Waals surface area (Å²) >= 11 is 0. The first-order chi connectivity index (χ1) is 15.5. The molecule has 0 aromatic heterocycles. The van der Waals surface area contributed by atoms with Gasteiger partial charge in [-0.15, -0.1) is 0 Å². The quantitative estimate of drug-likeness (QED) is 0.249. The average Bonchev–Trinajstić information content (AvgIpc) is 3.18. The van der Waals surface area contributed by atoms with E-state index in [0.717, 1.165) is 37.1 Å². The Hall–Kier alpha value is -2.36. The monoisotopic (exact) mass is 456 g/mol. The molecule has 2 aromatic carbocycles. The molecule has 1 N–H and O–H groups in total. The van der Waals surface area contributed by atoms with Gasteiger partial charge in [-0.2, -0.15) is 0 Å². The Morgan fingerprint density at radius 2 is 1.50 bits per heavy atom. The number of carbonyl (C=O) groups is 1. The molecule has 6 heteroatoms. The number of hydrogen-bond acceptors (Lipinski definition) is 5. The zero-order chi connectivity index (χ0) is 23.0. The number of unbranched alkanes of at least 4 members (excludes halogenated alkanes) is 3. The van der Waals surface area contributed by atoms with Crippen molar-refractivity contribution in [2.45, 2.75) is 46.0 Å². The van der Waals surface area contributed by atoms with Gasteiger partial charge in [-0.05, 0) is 0 Å². The molecule has 1 aliphatic heterocycles. The molecule has 0 aliphatic carbocycles. The Kier molecular flexibility index (Phi) is 8.72. The van der Waals surface area contributed by atoms with Crippen molar-refractivity contribution >= 4 is 25.1 Å². The topological polar surface area (TPSA) is 53.0 Å². The van der Waals surface area contributed by atoms with E-state index in [1.54, 1.807) is 0 Å². The second-order valence-corrected chi connectivity index (χ2v) is 11.3. The number of anilines is 2. The van der Waals surface area contributed by atoms with Crippen LogP contribution in [0.2, 0.25) is 0 Å². The van der Waals surface area contributed by atoms with E-state index in [4.69, 9.17) is 4.74 Å². The number of rotatable bonds is 11. The summed E-state index contributed by atoms with van der Waals surface area (Å²) in [6.45, 7) is 10.1. The van der Waals surface area contributed by atoms with E-state index in [1.807, 2.05) is 67.6 Å². The van der Waals surface area contributed by atoms with E-state index in [2.05, 4.69) is 22.8 Å². The summed E-state index contributed by atoms with van der Waals surface area (Å²) in [6, 6.07) is 19.9. The Bertz CT molecular complexity index is 828. The summed E-state index contributed by atoms with van der Waals surface area (Å²) in [5.41, 5.74) is 1.91. The fourth-order valence-electron chi connectivity index (χ4n) is 4.52. The molecule has 0 spiro atoms. The van der Waals surface area contributed by atoms with E-state index in [-0.39, 0.29) is 5.97 Å². The molecule has 1 heterocycles. The van der Waals surface area contributed by atoms with E-state index in [1.165, 1.54) is 0 Å². The fraction of sp³-hybridized carbons (Fsp3) is 0.423. The van der Waals surface area contributed by atoms with Crippen LogP contribution in [-0.2, 0) is 9.53 Å². The Morgan fingerprint density at radius 1 is 0.969 bits per heavy atom. The molecular formula is C26H37N2O3P. The molecule has 1 aliphatic rings. The molecular weight excluding hydrogens is 419 g/mol. The van der Waals surface area contributed by atoms with Crippen molar-refractivity contribution in [3.05, 3.63) is 72.6 Å². The standard InChI is InChI=1S/C26H37N2O3P/c1-4-6-7-14-19-25(26(29)31-5-2)22(3)32(30)27(23-15-10-8-11-16-23)20-21-28(32)24-17-12-9-13-18-24/h8-13,15-18,25,30,32H,3-7,14,19-21H2,1-2H3. The van der Waals surface area contributed by atoms with E-state index in [9.17, 15) is 9.69 Å². The molecule has 2 aromatic rings. The molecule has 0 radical (unpaired) electrons. The molecule has 3 rings (SSSR count). The van der Waals surface area contributed by atoms with Crippen LogP contribution in [0.3, 0.4) is 0 Å². The number of hydrogen-bond donors (Lipinski definition) is 1. The van der Waals surface area contributed by atoms with Crippen LogP contribution in [0.15, 0.2) is 72.6 Å². The Morgan fingerprint density at radius 3 is 1.97 bits per heavy atom. The van der Waals surface area contributed by atoms with Crippen molar-refractivity contribution in [3.8, 4) is 0 Å². The Balaban J connectivity index is 1.99. The molecule has 32 heavy (non-hydrogen) atoms. The van der Waals surface area contributed by atoms with E-state index >= 15 is 0 Å². The molecule has 0 amide bonds. The van der Waals surface area contributed by atoms with Gasteiger partial charge >= 0.3 is 193 Å². The summed E-state index contributed by atoms with van der Waals surface area (Å²) in [6.07, 6.45) is 4.89. The van der Waals surface area contributed by atoms with Crippen LogP contribution in [0.5, 0.6) is 0 Å². The zero-order valence-corrected chi connectivity index (χ0v) is 20.4. The summed E-state index contributed by atoms with van der Waals surface area (Å²) in [4.78, 5) is 25.5. The molecule has 0 bridgehead atoms. The van der Waals surface area contributed by atoms with Crippen LogP contribution in [0.1, 0.15) is 46.0 Å². The van der Waals surface area contributed by atoms with Crippen LogP contribution in [-0.4, -0.2) is 30.6 Å². The third-order valence-electron chi connectivity index (χ3n) is 6.20. The molecule has 0 saturated carbocycles. The van der Waals surface area contributed by atoms with Crippen LogP contribution in [0.25, 0.3) is 0 Å². The van der Waals surface area contributed by atoms with Crippen molar-refractivity contribution in [2.24, 2.45) is 5.92 Å². The summed E-state index contributed by atoms with van der Waals surface area (Å²) in [5.74, 6) is -0.790. The van der Waals surface area contributed by atoms with Gasteiger partial charge < -0.3 is 0 Å². The number of carbonyl (C=O) groups excluding carboxylic acids is 1. The second kappa shape index (κ2) is 11.5. The third kappa shape index (κ3) is 5.16. The van der Waals surface area contributed by atoms with E-state index in [0.29, 0.717) is 31.4 Å². The first-order valence-corrected chi connectivity index (χ1v) is 13.6. The number of benzene rings is 2. The predicted molar refractivity (Wildman–Crippen MR) is 136 cm³/mol. The number of ether oxygens (including phenoxy) is 1. The molecule has 1 unspecified atom stereocenters. The van der Waals surface area contributed by atoms with Crippen LogP contribution in [0, 0.1) is 5.92 Å². The van der Waals surface area contributed by atoms with Crippen molar-refractivity contribution in [1.29, 1.82) is 0 Å². The molecule has 174 valence electrons. The summed E-state index contributed by atoms with van der Waals surface area (Å²) in [5, 5.41) is 0.609. The normalized spacial score (nSPS) is 17.1. The van der Waals surface area contributed by atoms with Gasteiger partial charge in [-0.25, -0.2) is 0 Å². The zero-order valence-electron chi connectivity index (χ0n) is 19.4. The SMILES string of the molecule is C=C(C(CCCCCC)C(=O)OCC)[PH]1(O)N(c2ccccc2)CCN1c1ccccc1. The minimum absolute atomic E-state index is 0.275. The molecule has 1 saturated heterocycles. The molecule has 1 atom stereocenters. The molecule has 5 nitrogen and oxygen atoms in total. The van der Waals surface area contributed by atoms with Gasteiger partial charge in [0.15, 0.2) is 0 Å². The van der Waals surface area contributed by atoms with Crippen LogP contribution < -0.4 is 9.34 Å². The van der Waals surface area contributed by atoms with Gasteiger partial charge in [0.25, 0.3) is 0 Å². The number of esters is 1. The van der Waals surface area contributed by atoms with Crippen molar-refractivity contribution < 1.29 is 14.4 Å². The maximum absolute atomic E-state index is 13.0. The minimum atomic E-state index is -3.48. The average molecular weight is 457 g/mol. The number of para-hydroxylation sites is 2. The number of nitrogens with zero attached hydrogens (tertiary/aromatic N) is 2. The first-order valence-electron chi connectivity index (χ1n) is 11.8. The van der Waals surface area contributed by atoms with Gasteiger partial charge in [0.2, 0.25) is 0 Å². The predicted octanol–water partition coefficient (Wildman–Crippen LogP) is 6.16. The maximum atomic E-state index is 13.0. The fourth-order valence-corrected chi connectivity index (χ4v) is 8.08. The van der Waals surface area contributed by atoms with E-state index < -0.39 is 13.7 Å². The Labute approximate surface area is 193 Å². The van der Waals surface area contributed by atoms with Crippen LogP contribution in [0.4, 0.5) is 11.4 Å². The van der Waals surface area contributed by atoms with Crippen molar-refractivity contribution in [1.82, 2.24) is 0 Å². The first kappa shape index (κ1) is 24.3. The van der Waals surface area contributed by atoms with Gasteiger partial charge in [0.1, 0.15) is 0 Å². The van der Waals surface area contributed by atoms with Crippen molar-refractivity contribution in [2.75, 3.05) is 29.0 Å². The van der Waals surface area contributed by atoms with Crippen LogP contribution >= 0.6 is 7.79 Å². The van der Waals surface area contributed by atoms with Crippen molar-refractivity contribution in [3.63, 3.8) is 0 Å². The second-order valence-electron chi connectivity index (χ2n) is 8.29. The summed E-state index contributed by atoms with van der Waals surface area (Å²) < 4.78 is 9.61. The third-order valence-corrected chi connectivity index (χ3v) is 9.88. The van der Waals surface area contributed by atoms with Gasteiger partial charge in [0.05, 0.1) is 0 Å². The van der Waals surface area contributed by atoms with Gasteiger partial charge in [-0.3, -0.25) is 0 Å².